The fraction of sp³-hybridized carbons (Fsp3) is 0.474. The second-order valence-electron chi connectivity index (χ2n) is 7.06. The average Bonchev–Trinajstić information content (AvgIpc) is 3.09. The van der Waals surface area contributed by atoms with Crippen molar-refractivity contribution in [3.63, 3.8) is 0 Å². The van der Waals surface area contributed by atoms with Crippen molar-refractivity contribution in [2.24, 2.45) is 0 Å². The highest BCUT2D eigenvalue weighted by Crippen LogP contribution is 2.40. The summed E-state index contributed by atoms with van der Waals surface area (Å²) in [4.78, 5) is 1.29. The molecule has 2 aliphatic rings. The number of morpholine rings is 1. The first-order valence-corrected chi connectivity index (χ1v) is 11.3. The van der Waals surface area contributed by atoms with Gasteiger partial charge in [-0.25, -0.2) is 0 Å². The number of hydrogen-bond acceptors (Lipinski definition) is 4. The highest BCUT2D eigenvalue weighted by atomic mass is 32.2. The third-order valence-electron chi connectivity index (χ3n) is 5.05. The maximum absolute atomic E-state index is 13.5. The summed E-state index contributed by atoms with van der Waals surface area (Å²) < 4.78 is 36.1. The molecule has 3 atom stereocenters. The molecule has 0 amide bonds. The summed E-state index contributed by atoms with van der Waals surface area (Å²) in [5, 5.41) is 2.07. The van der Waals surface area contributed by atoms with E-state index in [0.29, 0.717) is 19.6 Å². The van der Waals surface area contributed by atoms with E-state index in [9.17, 15) is 8.42 Å². The van der Waals surface area contributed by atoms with E-state index in [2.05, 4.69) is 11.4 Å². The van der Waals surface area contributed by atoms with E-state index in [1.165, 1.54) is 4.88 Å². The van der Waals surface area contributed by atoms with E-state index >= 15 is 0 Å². The van der Waals surface area contributed by atoms with Crippen molar-refractivity contribution in [2.45, 2.75) is 38.5 Å². The molecule has 0 bridgehead atoms. The van der Waals surface area contributed by atoms with E-state index in [0.717, 1.165) is 17.5 Å². The number of fused-ring (bicyclic) bond motifs is 1. The lowest BCUT2D eigenvalue weighted by Gasteiger charge is -2.41. The van der Waals surface area contributed by atoms with Gasteiger partial charge in [-0.1, -0.05) is 30.3 Å². The molecule has 1 fully saturated rings. The van der Waals surface area contributed by atoms with Gasteiger partial charge in [-0.2, -0.15) is 17.0 Å². The minimum atomic E-state index is -3.58. The Labute approximate surface area is 159 Å². The topological polar surface area (TPSA) is 49.9 Å². The number of rotatable bonds is 3. The Bertz CT molecular complexity index is 856. The Morgan fingerprint density at radius 2 is 1.77 bits per heavy atom. The molecule has 26 heavy (non-hydrogen) atoms. The summed E-state index contributed by atoms with van der Waals surface area (Å²) in [6.07, 6.45) is 0.584. The fourth-order valence-corrected chi connectivity index (χ4v) is 6.81. The van der Waals surface area contributed by atoms with Crippen LogP contribution >= 0.6 is 11.3 Å². The standard InChI is InChI=1S/C19H24N2O3S2/c1-14-12-20(13-15(2)24-14)26(22,23)21-10-8-18-17(9-11-25-18)19(21)16-6-4-3-5-7-16/h3-7,9,11,14-15,19H,8,10,12-13H2,1-2H3/t14-,15+,19-/m1/s1. The van der Waals surface area contributed by atoms with Crippen molar-refractivity contribution < 1.29 is 13.2 Å². The molecular formula is C19H24N2O3S2. The molecule has 0 radical (unpaired) electrons. The highest BCUT2D eigenvalue weighted by Gasteiger charge is 2.42. The van der Waals surface area contributed by atoms with Crippen molar-refractivity contribution >= 4 is 21.5 Å². The normalized spacial score (nSPS) is 28.0. The number of hydrogen-bond donors (Lipinski definition) is 0. The maximum atomic E-state index is 13.5. The third kappa shape index (κ3) is 3.23. The SMILES string of the molecule is C[C@@H]1CN(S(=O)(=O)N2CCc3sccc3[C@H]2c2ccccc2)C[C@H](C)O1. The van der Waals surface area contributed by atoms with Crippen LogP contribution in [-0.4, -0.2) is 48.9 Å². The molecule has 1 aromatic carbocycles. The summed E-state index contributed by atoms with van der Waals surface area (Å²) >= 11 is 1.72. The van der Waals surface area contributed by atoms with Crippen LogP contribution in [-0.2, 0) is 21.4 Å². The first-order chi connectivity index (χ1) is 12.5. The van der Waals surface area contributed by atoms with Gasteiger partial charge in [0.05, 0.1) is 18.2 Å². The van der Waals surface area contributed by atoms with Crippen molar-refractivity contribution in [1.29, 1.82) is 0 Å². The minimum absolute atomic E-state index is 0.0924. The quantitative estimate of drug-likeness (QED) is 0.807. The second kappa shape index (κ2) is 7.05. The van der Waals surface area contributed by atoms with Crippen LogP contribution in [0, 0.1) is 0 Å². The van der Waals surface area contributed by atoms with Crippen LogP contribution in [0.4, 0.5) is 0 Å². The van der Waals surface area contributed by atoms with Gasteiger partial charge in [-0.15, -0.1) is 11.3 Å². The number of ether oxygens (including phenoxy) is 1. The van der Waals surface area contributed by atoms with Gasteiger partial charge >= 0.3 is 0 Å². The lowest BCUT2D eigenvalue weighted by molar-refractivity contribution is -0.0457. The molecule has 7 heteroatoms. The van der Waals surface area contributed by atoms with Gasteiger partial charge in [0.25, 0.3) is 10.2 Å². The zero-order valence-electron chi connectivity index (χ0n) is 15.0. The molecule has 1 saturated heterocycles. The first kappa shape index (κ1) is 18.1. The Hall–Kier alpha value is -1.25. The predicted molar refractivity (Wildman–Crippen MR) is 104 cm³/mol. The van der Waals surface area contributed by atoms with Gasteiger partial charge in [0.15, 0.2) is 0 Å². The fourth-order valence-electron chi connectivity index (χ4n) is 3.99. The van der Waals surface area contributed by atoms with Crippen molar-refractivity contribution in [3.05, 3.63) is 57.8 Å². The molecule has 140 valence electrons. The molecule has 4 rings (SSSR count). The molecule has 3 heterocycles. The Balaban J connectivity index is 1.74. The molecule has 0 saturated carbocycles. The number of thiophene rings is 1. The van der Waals surface area contributed by atoms with Gasteiger partial charge < -0.3 is 4.74 Å². The Kier molecular flexibility index (Phi) is 4.92. The van der Waals surface area contributed by atoms with E-state index in [4.69, 9.17) is 4.74 Å². The van der Waals surface area contributed by atoms with Crippen LogP contribution in [0.5, 0.6) is 0 Å². The number of benzene rings is 1. The van der Waals surface area contributed by atoms with E-state index < -0.39 is 10.2 Å². The number of nitrogens with zero attached hydrogens (tertiary/aromatic N) is 2. The zero-order valence-corrected chi connectivity index (χ0v) is 16.7. The highest BCUT2D eigenvalue weighted by molar-refractivity contribution is 7.86. The van der Waals surface area contributed by atoms with Gasteiger partial charge in [0.2, 0.25) is 0 Å². The summed E-state index contributed by atoms with van der Waals surface area (Å²) in [5.74, 6) is 0. The van der Waals surface area contributed by atoms with Crippen molar-refractivity contribution in [1.82, 2.24) is 8.61 Å². The van der Waals surface area contributed by atoms with Crippen molar-refractivity contribution in [3.8, 4) is 0 Å². The first-order valence-electron chi connectivity index (χ1n) is 9.00. The lowest BCUT2D eigenvalue weighted by Crippen LogP contribution is -2.54. The summed E-state index contributed by atoms with van der Waals surface area (Å²) in [6, 6.07) is 11.8. The van der Waals surface area contributed by atoms with Crippen LogP contribution in [0.2, 0.25) is 0 Å². The molecule has 1 aromatic heterocycles. The molecule has 0 aliphatic carbocycles. The Morgan fingerprint density at radius 1 is 1.08 bits per heavy atom. The Morgan fingerprint density at radius 3 is 2.46 bits per heavy atom. The molecule has 5 nitrogen and oxygen atoms in total. The molecule has 0 spiro atoms. The molecule has 0 N–H and O–H groups in total. The summed E-state index contributed by atoms with van der Waals surface area (Å²) in [5.41, 5.74) is 2.13. The van der Waals surface area contributed by atoms with E-state index in [-0.39, 0.29) is 18.2 Å². The second-order valence-corrected chi connectivity index (χ2v) is 9.94. The van der Waals surface area contributed by atoms with Gasteiger partial charge in [0, 0.05) is 24.5 Å². The van der Waals surface area contributed by atoms with E-state index in [1.807, 2.05) is 44.2 Å². The van der Waals surface area contributed by atoms with Gasteiger partial charge in [-0.3, -0.25) is 0 Å². The minimum Gasteiger partial charge on any atom is -0.373 e. The lowest BCUT2D eigenvalue weighted by atomic mass is 9.95. The van der Waals surface area contributed by atoms with Crippen LogP contribution in [0.25, 0.3) is 0 Å². The molecule has 2 aliphatic heterocycles. The maximum Gasteiger partial charge on any atom is 0.283 e. The third-order valence-corrected chi connectivity index (χ3v) is 7.98. The largest absolute Gasteiger partial charge is 0.373 e. The smallest absolute Gasteiger partial charge is 0.283 e. The van der Waals surface area contributed by atoms with Crippen LogP contribution < -0.4 is 0 Å². The van der Waals surface area contributed by atoms with Crippen molar-refractivity contribution in [2.75, 3.05) is 19.6 Å². The van der Waals surface area contributed by atoms with Gasteiger partial charge in [0.1, 0.15) is 0 Å². The molecular weight excluding hydrogens is 368 g/mol. The average molecular weight is 393 g/mol. The predicted octanol–water partition coefficient (Wildman–Crippen LogP) is 3.05. The molecule has 0 unspecified atom stereocenters. The summed E-state index contributed by atoms with van der Waals surface area (Å²) in [7, 11) is -3.58. The van der Waals surface area contributed by atoms with Crippen LogP contribution in [0.3, 0.4) is 0 Å². The van der Waals surface area contributed by atoms with Crippen LogP contribution in [0.15, 0.2) is 41.8 Å². The summed E-state index contributed by atoms with van der Waals surface area (Å²) in [6.45, 7) is 5.18. The zero-order chi connectivity index (χ0) is 18.3. The molecule has 2 aromatic rings. The monoisotopic (exact) mass is 392 g/mol. The van der Waals surface area contributed by atoms with E-state index in [1.54, 1.807) is 19.9 Å². The van der Waals surface area contributed by atoms with Crippen LogP contribution in [0.1, 0.15) is 35.9 Å². The van der Waals surface area contributed by atoms with Gasteiger partial charge in [-0.05, 0) is 42.8 Å².